The van der Waals surface area contributed by atoms with Crippen molar-refractivity contribution in [3.05, 3.63) is 102 Å². The molecular formula is C25H17N5O3. The van der Waals surface area contributed by atoms with Crippen molar-refractivity contribution in [1.82, 2.24) is 19.9 Å². The SMILES string of the molecule is COC(=O)c1cc(NC(=O)c2cnccn2)nc(-c2ccc(C#Cc3cccnc3)cc2)c1. The van der Waals surface area contributed by atoms with Gasteiger partial charge in [-0.1, -0.05) is 24.0 Å². The Kier molecular flexibility index (Phi) is 6.43. The summed E-state index contributed by atoms with van der Waals surface area (Å²) in [5.74, 6) is 5.27. The first-order chi connectivity index (χ1) is 16.1. The van der Waals surface area contributed by atoms with Gasteiger partial charge >= 0.3 is 5.97 Å². The summed E-state index contributed by atoms with van der Waals surface area (Å²) in [6.07, 6.45) is 7.61. The van der Waals surface area contributed by atoms with E-state index in [0.717, 1.165) is 16.7 Å². The van der Waals surface area contributed by atoms with Gasteiger partial charge in [0.2, 0.25) is 0 Å². The van der Waals surface area contributed by atoms with Gasteiger partial charge in [0.05, 0.1) is 24.6 Å². The minimum Gasteiger partial charge on any atom is -0.465 e. The van der Waals surface area contributed by atoms with Gasteiger partial charge in [-0.3, -0.25) is 14.8 Å². The summed E-state index contributed by atoms with van der Waals surface area (Å²) in [6.45, 7) is 0. The Hall–Kier alpha value is -4.90. The van der Waals surface area contributed by atoms with Gasteiger partial charge < -0.3 is 10.1 Å². The molecule has 0 aliphatic carbocycles. The molecule has 0 aliphatic rings. The molecule has 1 N–H and O–H groups in total. The summed E-state index contributed by atoms with van der Waals surface area (Å²) >= 11 is 0. The third-order valence-electron chi connectivity index (χ3n) is 4.48. The third kappa shape index (κ3) is 5.42. The van der Waals surface area contributed by atoms with E-state index in [0.29, 0.717) is 5.69 Å². The fraction of sp³-hybridized carbons (Fsp3) is 0.0400. The van der Waals surface area contributed by atoms with Crippen molar-refractivity contribution in [2.45, 2.75) is 0 Å². The van der Waals surface area contributed by atoms with E-state index in [-0.39, 0.29) is 17.1 Å². The van der Waals surface area contributed by atoms with E-state index in [9.17, 15) is 9.59 Å². The number of nitrogens with zero attached hydrogens (tertiary/aromatic N) is 4. The number of hydrogen-bond donors (Lipinski definition) is 1. The number of methoxy groups -OCH3 is 1. The molecule has 0 fully saturated rings. The Labute approximate surface area is 189 Å². The predicted octanol–water partition coefficient (Wildman–Crippen LogP) is 3.37. The minimum absolute atomic E-state index is 0.126. The molecule has 0 bridgehead atoms. The average Bonchev–Trinajstić information content (AvgIpc) is 2.88. The van der Waals surface area contributed by atoms with Crippen molar-refractivity contribution in [1.29, 1.82) is 0 Å². The Morgan fingerprint density at radius 3 is 2.39 bits per heavy atom. The van der Waals surface area contributed by atoms with Gasteiger partial charge in [-0.05, 0) is 36.4 Å². The van der Waals surface area contributed by atoms with Gasteiger partial charge in [0.25, 0.3) is 5.91 Å². The fourth-order valence-electron chi connectivity index (χ4n) is 2.88. The molecule has 8 heteroatoms. The quantitative estimate of drug-likeness (QED) is 0.387. The number of anilines is 1. The van der Waals surface area contributed by atoms with Gasteiger partial charge in [0, 0.05) is 41.5 Å². The molecule has 0 radical (unpaired) electrons. The molecule has 1 amide bonds. The van der Waals surface area contributed by atoms with Crippen LogP contribution in [0.3, 0.4) is 0 Å². The number of esters is 1. The molecule has 3 aromatic heterocycles. The zero-order valence-electron chi connectivity index (χ0n) is 17.5. The number of benzene rings is 1. The molecule has 8 nitrogen and oxygen atoms in total. The molecule has 33 heavy (non-hydrogen) atoms. The van der Waals surface area contributed by atoms with Crippen molar-refractivity contribution in [2.75, 3.05) is 12.4 Å². The summed E-state index contributed by atoms with van der Waals surface area (Å²) in [5.41, 5.74) is 3.22. The van der Waals surface area contributed by atoms with E-state index >= 15 is 0 Å². The highest BCUT2D eigenvalue weighted by Gasteiger charge is 2.14. The van der Waals surface area contributed by atoms with E-state index in [1.165, 1.54) is 31.8 Å². The number of hydrogen-bond acceptors (Lipinski definition) is 7. The largest absolute Gasteiger partial charge is 0.465 e. The highest BCUT2D eigenvalue weighted by molar-refractivity contribution is 6.03. The van der Waals surface area contributed by atoms with Gasteiger partial charge in [-0.2, -0.15) is 0 Å². The van der Waals surface area contributed by atoms with Crippen molar-refractivity contribution in [3.63, 3.8) is 0 Å². The van der Waals surface area contributed by atoms with Crippen LogP contribution in [0.25, 0.3) is 11.3 Å². The number of ether oxygens (including phenoxy) is 1. The predicted molar refractivity (Wildman–Crippen MR) is 121 cm³/mol. The summed E-state index contributed by atoms with van der Waals surface area (Å²) in [7, 11) is 1.29. The summed E-state index contributed by atoms with van der Waals surface area (Å²) in [4.78, 5) is 41.0. The maximum atomic E-state index is 12.5. The molecule has 0 saturated heterocycles. The van der Waals surface area contributed by atoms with Crippen molar-refractivity contribution in [2.24, 2.45) is 0 Å². The normalized spacial score (nSPS) is 9.97. The van der Waals surface area contributed by atoms with E-state index in [2.05, 4.69) is 37.1 Å². The molecule has 4 rings (SSSR count). The summed E-state index contributed by atoms with van der Waals surface area (Å²) in [6, 6.07) is 14.1. The summed E-state index contributed by atoms with van der Waals surface area (Å²) < 4.78 is 4.84. The van der Waals surface area contributed by atoms with E-state index in [1.54, 1.807) is 18.5 Å². The van der Waals surface area contributed by atoms with Gasteiger partial charge in [0.15, 0.2) is 0 Å². The second kappa shape index (κ2) is 9.94. The molecule has 0 atom stereocenters. The number of pyridine rings is 2. The lowest BCUT2D eigenvalue weighted by Crippen LogP contribution is -2.15. The molecule has 3 heterocycles. The van der Waals surface area contributed by atoms with Crippen molar-refractivity contribution >= 4 is 17.7 Å². The third-order valence-corrected chi connectivity index (χ3v) is 4.48. The van der Waals surface area contributed by atoms with Crippen LogP contribution >= 0.6 is 0 Å². The standard InChI is InChI=1S/C25H17N5O3/c1-33-25(32)20-13-21(29-23(14-20)30-24(31)22-16-27-11-12-28-22)19-8-6-17(7-9-19)4-5-18-3-2-10-26-15-18/h2-3,6-16H,1H3,(H,29,30,31). The van der Waals surface area contributed by atoms with Crippen LogP contribution in [0.2, 0.25) is 0 Å². The molecule has 0 aliphatic heterocycles. The van der Waals surface area contributed by atoms with Crippen LogP contribution in [0.4, 0.5) is 5.82 Å². The highest BCUT2D eigenvalue weighted by Crippen LogP contribution is 2.22. The van der Waals surface area contributed by atoms with E-state index in [1.807, 2.05) is 36.4 Å². The molecule has 0 unspecified atom stereocenters. The molecular weight excluding hydrogens is 418 g/mol. The molecule has 160 valence electrons. The Bertz CT molecular complexity index is 1350. The average molecular weight is 435 g/mol. The van der Waals surface area contributed by atoms with Gasteiger partial charge in [-0.15, -0.1) is 0 Å². The van der Waals surface area contributed by atoms with E-state index in [4.69, 9.17) is 4.74 Å². The molecule has 0 spiro atoms. The summed E-state index contributed by atoms with van der Waals surface area (Å²) in [5, 5.41) is 2.65. The Morgan fingerprint density at radius 2 is 1.70 bits per heavy atom. The number of amides is 1. The Morgan fingerprint density at radius 1 is 0.909 bits per heavy atom. The lowest BCUT2D eigenvalue weighted by atomic mass is 10.1. The lowest BCUT2D eigenvalue weighted by Gasteiger charge is -2.09. The number of aromatic nitrogens is 4. The maximum Gasteiger partial charge on any atom is 0.338 e. The van der Waals surface area contributed by atoms with Crippen LogP contribution in [-0.4, -0.2) is 38.9 Å². The van der Waals surface area contributed by atoms with Gasteiger partial charge in [0.1, 0.15) is 11.5 Å². The number of carbonyl (C=O) groups is 2. The highest BCUT2D eigenvalue weighted by atomic mass is 16.5. The van der Waals surface area contributed by atoms with Crippen LogP contribution in [0.15, 0.2) is 79.5 Å². The van der Waals surface area contributed by atoms with Crippen LogP contribution < -0.4 is 5.32 Å². The monoisotopic (exact) mass is 435 g/mol. The minimum atomic E-state index is -0.549. The zero-order valence-corrected chi connectivity index (χ0v) is 17.5. The van der Waals surface area contributed by atoms with Crippen molar-refractivity contribution in [3.8, 4) is 23.1 Å². The van der Waals surface area contributed by atoms with Crippen LogP contribution in [0.1, 0.15) is 32.0 Å². The first kappa shape index (κ1) is 21.3. The zero-order chi connectivity index (χ0) is 23.0. The smallest absolute Gasteiger partial charge is 0.338 e. The van der Waals surface area contributed by atoms with Crippen LogP contribution in [0, 0.1) is 11.8 Å². The number of rotatable bonds is 4. The number of carbonyl (C=O) groups excluding carboxylic acids is 2. The van der Waals surface area contributed by atoms with E-state index < -0.39 is 11.9 Å². The first-order valence-electron chi connectivity index (χ1n) is 9.82. The van der Waals surface area contributed by atoms with Gasteiger partial charge in [-0.25, -0.2) is 14.8 Å². The molecule has 0 saturated carbocycles. The van der Waals surface area contributed by atoms with Crippen LogP contribution in [-0.2, 0) is 4.74 Å². The van der Waals surface area contributed by atoms with Crippen molar-refractivity contribution < 1.29 is 14.3 Å². The molecule has 1 aromatic carbocycles. The second-order valence-electron chi connectivity index (χ2n) is 6.73. The van der Waals surface area contributed by atoms with Crippen LogP contribution in [0.5, 0.6) is 0 Å². The fourth-order valence-corrected chi connectivity index (χ4v) is 2.88. The topological polar surface area (TPSA) is 107 Å². The Balaban J connectivity index is 1.62. The second-order valence-corrected chi connectivity index (χ2v) is 6.73. The molecule has 4 aromatic rings. The first-order valence-corrected chi connectivity index (χ1v) is 9.82. The lowest BCUT2D eigenvalue weighted by molar-refractivity contribution is 0.0600. The maximum absolute atomic E-state index is 12.5. The number of nitrogens with one attached hydrogen (secondary N) is 1.